The van der Waals surface area contributed by atoms with E-state index < -0.39 is 0 Å². The molecular formula is C10H10N4O2S. The van der Waals surface area contributed by atoms with Gasteiger partial charge in [-0.05, 0) is 11.4 Å². The number of carbonyl (C=O) groups is 2. The maximum atomic E-state index is 11.8. The van der Waals surface area contributed by atoms with E-state index in [1.807, 2.05) is 17.5 Å². The Morgan fingerprint density at radius 3 is 3.00 bits per heavy atom. The van der Waals surface area contributed by atoms with Crippen LogP contribution < -0.4 is 21.5 Å². The van der Waals surface area contributed by atoms with E-state index in [9.17, 15) is 9.59 Å². The van der Waals surface area contributed by atoms with Crippen molar-refractivity contribution >= 4 is 23.3 Å². The molecule has 0 bridgehead atoms. The standard InChI is InChI=1S/C10H10N4O2S/c15-9-7-5(4-11-14-9)12-10(16)13-8(7)6-2-1-3-17-6/h1-3,8,11H,4H2,(H,14,15)(H2,12,13,16). The number of hydrogen-bond donors (Lipinski definition) is 4. The van der Waals surface area contributed by atoms with Gasteiger partial charge in [0, 0.05) is 10.6 Å². The van der Waals surface area contributed by atoms with Crippen molar-refractivity contribution in [3.05, 3.63) is 33.7 Å². The summed E-state index contributed by atoms with van der Waals surface area (Å²) in [7, 11) is 0. The molecule has 0 aromatic carbocycles. The maximum Gasteiger partial charge on any atom is 0.319 e. The second-order valence-electron chi connectivity index (χ2n) is 3.75. The first-order valence-electron chi connectivity index (χ1n) is 5.13. The molecule has 7 heteroatoms. The number of urea groups is 1. The normalized spacial score (nSPS) is 23.6. The van der Waals surface area contributed by atoms with Crippen LogP contribution in [-0.2, 0) is 4.79 Å². The van der Waals surface area contributed by atoms with Gasteiger partial charge >= 0.3 is 6.03 Å². The number of rotatable bonds is 1. The van der Waals surface area contributed by atoms with E-state index in [1.165, 1.54) is 11.3 Å². The Hall–Kier alpha value is -1.86. The summed E-state index contributed by atoms with van der Waals surface area (Å²) in [4.78, 5) is 24.3. The van der Waals surface area contributed by atoms with Gasteiger partial charge in [0.05, 0.1) is 18.2 Å². The van der Waals surface area contributed by atoms with Crippen LogP contribution in [0, 0.1) is 0 Å². The summed E-state index contributed by atoms with van der Waals surface area (Å²) in [6.45, 7) is 0.427. The number of hydrazine groups is 1. The molecule has 0 aliphatic carbocycles. The van der Waals surface area contributed by atoms with Gasteiger partial charge in [-0.15, -0.1) is 11.3 Å². The first-order chi connectivity index (χ1) is 8.25. The highest BCUT2D eigenvalue weighted by Gasteiger charge is 2.34. The van der Waals surface area contributed by atoms with Gasteiger partial charge in [0.1, 0.15) is 0 Å². The third kappa shape index (κ3) is 1.69. The van der Waals surface area contributed by atoms with Gasteiger partial charge in [0.25, 0.3) is 5.91 Å². The molecule has 0 spiro atoms. The number of nitrogens with one attached hydrogen (secondary N) is 4. The fraction of sp³-hybridized carbons (Fsp3) is 0.200. The highest BCUT2D eigenvalue weighted by Crippen LogP contribution is 2.30. The zero-order valence-corrected chi connectivity index (χ0v) is 9.56. The van der Waals surface area contributed by atoms with Crippen LogP contribution in [0.1, 0.15) is 10.9 Å². The minimum Gasteiger partial charge on any atom is -0.326 e. The van der Waals surface area contributed by atoms with Crippen molar-refractivity contribution in [3.63, 3.8) is 0 Å². The number of amides is 3. The summed E-state index contributed by atoms with van der Waals surface area (Å²) in [5.74, 6) is -0.211. The number of thiophene rings is 1. The van der Waals surface area contributed by atoms with Crippen molar-refractivity contribution in [2.75, 3.05) is 6.54 Å². The Bertz CT molecular complexity index is 508. The van der Waals surface area contributed by atoms with Crippen molar-refractivity contribution in [1.29, 1.82) is 0 Å². The molecule has 3 amide bonds. The summed E-state index contributed by atoms with van der Waals surface area (Å²) < 4.78 is 0. The van der Waals surface area contributed by atoms with E-state index in [2.05, 4.69) is 21.5 Å². The predicted octanol–water partition coefficient (Wildman–Crippen LogP) is -0.00950. The molecule has 0 radical (unpaired) electrons. The van der Waals surface area contributed by atoms with Crippen LogP contribution in [-0.4, -0.2) is 18.5 Å². The molecule has 17 heavy (non-hydrogen) atoms. The molecule has 0 saturated heterocycles. The minimum atomic E-state index is -0.360. The lowest BCUT2D eigenvalue weighted by Gasteiger charge is -2.31. The lowest BCUT2D eigenvalue weighted by molar-refractivity contribution is -0.119. The van der Waals surface area contributed by atoms with E-state index in [0.29, 0.717) is 17.8 Å². The first-order valence-corrected chi connectivity index (χ1v) is 6.01. The van der Waals surface area contributed by atoms with E-state index in [1.54, 1.807) is 0 Å². The van der Waals surface area contributed by atoms with Gasteiger partial charge in [0.15, 0.2) is 0 Å². The topological polar surface area (TPSA) is 82.3 Å². The molecule has 3 heterocycles. The average molecular weight is 250 g/mol. The monoisotopic (exact) mass is 250 g/mol. The van der Waals surface area contributed by atoms with Crippen molar-refractivity contribution in [3.8, 4) is 0 Å². The number of hydrogen-bond acceptors (Lipinski definition) is 4. The quantitative estimate of drug-likeness (QED) is 0.566. The van der Waals surface area contributed by atoms with Crippen molar-refractivity contribution < 1.29 is 9.59 Å². The van der Waals surface area contributed by atoms with Gasteiger partial charge in [-0.1, -0.05) is 6.07 Å². The summed E-state index contributed by atoms with van der Waals surface area (Å²) in [6, 6.07) is 3.16. The third-order valence-electron chi connectivity index (χ3n) is 2.69. The van der Waals surface area contributed by atoms with Crippen LogP contribution in [0.4, 0.5) is 4.79 Å². The molecule has 88 valence electrons. The molecule has 1 aromatic heterocycles. The lowest BCUT2D eigenvalue weighted by Crippen LogP contribution is -2.55. The zero-order chi connectivity index (χ0) is 11.8. The summed E-state index contributed by atoms with van der Waals surface area (Å²) in [5, 5.41) is 7.33. The zero-order valence-electron chi connectivity index (χ0n) is 8.74. The van der Waals surface area contributed by atoms with Crippen molar-refractivity contribution in [1.82, 2.24) is 21.5 Å². The van der Waals surface area contributed by atoms with E-state index in [-0.39, 0.29) is 18.0 Å². The molecular weight excluding hydrogens is 240 g/mol. The van der Waals surface area contributed by atoms with Gasteiger partial charge < -0.3 is 10.6 Å². The lowest BCUT2D eigenvalue weighted by atomic mass is 9.99. The van der Waals surface area contributed by atoms with Crippen LogP contribution in [0.25, 0.3) is 0 Å². The maximum absolute atomic E-state index is 11.8. The second kappa shape index (κ2) is 3.86. The highest BCUT2D eigenvalue weighted by molar-refractivity contribution is 7.10. The third-order valence-corrected chi connectivity index (χ3v) is 3.63. The molecule has 0 saturated carbocycles. The van der Waals surface area contributed by atoms with E-state index in [4.69, 9.17) is 0 Å². The van der Waals surface area contributed by atoms with Crippen LogP contribution in [0.5, 0.6) is 0 Å². The second-order valence-corrected chi connectivity index (χ2v) is 4.73. The highest BCUT2D eigenvalue weighted by atomic mass is 32.1. The molecule has 0 fully saturated rings. The molecule has 3 rings (SSSR count). The van der Waals surface area contributed by atoms with E-state index in [0.717, 1.165) is 4.88 Å². The Balaban J connectivity index is 2.07. The Labute approximate surface area is 101 Å². The summed E-state index contributed by atoms with van der Waals surface area (Å²) in [5.41, 5.74) is 6.49. The van der Waals surface area contributed by atoms with Crippen molar-refractivity contribution in [2.24, 2.45) is 0 Å². The summed E-state index contributed by atoms with van der Waals surface area (Å²) >= 11 is 1.51. The van der Waals surface area contributed by atoms with Crippen LogP contribution in [0.3, 0.4) is 0 Å². The fourth-order valence-corrected chi connectivity index (χ4v) is 2.76. The van der Waals surface area contributed by atoms with Gasteiger partial charge in [-0.2, -0.15) is 0 Å². The predicted molar refractivity (Wildman–Crippen MR) is 61.9 cm³/mol. The first kappa shape index (κ1) is 10.3. The largest absolute Gasteiger partial charge is 0.326 e. The van der Waals surface area contributed by atoms with Crippen LogP contribution >= 0.6 is 11.3 Å². The average Bonchev–Trinajstić information content (AvgIpc) is 2.81. The van der Waals surface area contributed by atoms with Gasteiger partial charge in [-0.3, -0.25) is 10.2 Å². The van der Waals surface area contributed by atoms with E-state index >= 15 is 0 Å². The Morgan fingerprint density at radius 1 is 1.35 bits per heavy atom. The molecule has 4 N–H and O–H groups in total. The Kier molecular flexibility index (Phi) is 2.34. The minimum absolute atomic E-state index is 0.211. The van der Waals surface area contributed by atoms with Gasteiger partial charge in [-0.25, -0.2) is 10.2 Å². The van der Waals surface area contributed by atoms with Crippen LogP contribution in [0.15, 0.2) is 28.8 Å². The van der Waals surface area contributed by atoms with Crippen LogP contribution in [0.2, 0.25) is 0 Å². The molecule has 2 aliphatic heterocycles. The molecule has 6 nitrogen and oxygen atoms in total. The Morgan fingerprint density at radius 2 is 2.24 bits per heavy atom. The van der Waals surface area contributed by atoms with Crippen molar-refractivity contribution in [2.45, 2.75) is 6.04 Å². The number of carbonyl (C=O) groups excluding carboxylic acids is 2. The summed E-state index contributed by atoms with van der Waals surface area (Å²) in [6.07, 6.45) is 0. The molecule has 1 aromatic rings. The van der Waals surface area contributed by atoms with Gasteiger partial charge in [0.2, 0.25) is 0 Å². The molecule has 1 atom stereocenters. The molecule has 1 unspecified atom stereocenters. The SMILES string of the molecule is O=C1NC2=C(C(=O)NNC2)C(c2cccs2)N1. The smallest absolute Gasteiger partial charge is 0.319 e. The molecule has 2 aliphatic rings. The fourth-order valence-electron chi connectivity index (χ4n) is 1.97.